The van der Waals surface area contributed by atoms with Crippen LogP contribution in [0, 0.1) is 6.92 Å². The molecule has 3 aliphatic rings. The Morgan fingerprint density at radius 2 is 1.79 bits per heavy atom. The molecule has 3 fully saturated rings. The van der Waals surface area contributed by atoms with Crippen LogP contribution < -0.4 is 10.6 Å². The van der Waals surface area contributed by atoms with Crippen LogP contribution in [0.4, 0.5) is 35.4 Å². The van der Waals surface area contributed by atoms with Gasteiger partial charge >= 0.3 is 12.2 Å². The van der Waals surface area contributed by atoms with E-state index >= 15 is 0 Å². The number of aromatic nitrogens is 4. The van der Waals surface area contributed by atoms with Gasteiger partial charge in [0.1, 0.15) is 11.4 Å². The molecule has 2 atom stereocenters. The molecule has 0 saturated carbocycles. The van der Waals surface area contributed by atoms with Crippen LogP contribution in [-0.2, 0) is 6.18 Å². The highest BCUT2D eigenvalue weighted by Crippen LogP contribution is 2.40. The number of amides is 2. The van der Waals surface area contributed by atoms with Crippen LogP contribution in [0.15, 0.2) is 12.4 Å². The van der Waals surface area contributed by atoms with Gasteiger partial charge in [-0.05, 0) is 58.9 Å². The topological polar surface area (TPSA) is 94.5 Å². The van der Waals surface area contributed by atoms with Crippen LogP contribution in [0.5, 0.6) is 0 Å². The summed E-state index contributed by atoms with van der Waals surface area (Å²) in [5, 5.41) is 10.6. The van der Waals surface area contributed by atoms with Crippen LogP contribution in [-0.4, -0.2) is 92.8 Å². The van der Waals surface area contributed by atoms with Crippen molar-refractivity contribution in [2.24, 2.45) is 0 Å². The standard InChI is InChI=1S/C26H38F3N9O/c1-17-22(16-38(34-17)20-13-18-7-8-19(14-20)36(18)3)32-24-31-15-21(26(27,28)29)23(33-24)30-9-6-12-37-11-5-4-10-35(2)25(37)39/h15-16,18-20H,4-14H2,1-3H3,(H2,30,31,32,33). The summed E-state index contributed by atoms with van der Waals surface area (Å²) >= 11 is 0. The first-order valence-corrected chi connectivity index (χ1v) is 13.8. The molecule has 0 spiro atoms. The summed E-state index contributed by atoms with van der Waals surface area (Å²) in [6, 6.07) is 1.40. The lowest BCUT2D eigenvalue weighted by atomic mass is 9.98. The van der Waals surface area contributed by atoms with Crippen molar-refractivity contribution in [3.8, 4) is 0 Å². The molecule has 0 radical (unpaired) electrons. The zero-order chi connectivity index (χ0) is 27.7. The Morgan fingerprint density at radius 1 is 1.08 bits per heavy atom. The van der Waals surface area contributed by atoms with Gasteiger partial charge in [0.15, 0.2) is 0 Å². The largest absolute Gasteiger partial charge is 0.421 e. The van der Waals surface area contributed by atoms with E-state index in [2.05, 4.69) is 32.5 Å². The number of carbonyl (C=O) groups is 1. The average molecular weight is 550 g/mol. The van der Waals surface area contributed by atoms with Crippen molar-refractivity contribution in [1.82, 2.24) is 34.4 Å². The lowest BCUT2D eigenvalue weighted by Crippen LogP contribution is -2.40. The molecule has 39 heavy (non-hydrogen) atoms. The minimum Gasteiger partial charge on any atom is -0.369 e. The number of nitrogens with one attached hydrogen (secondary N) is 2. The van der Waals surface area contributed by atoms with Gasteiger partial charge in [-0.2, -0.15) is 23.3 Å². The molecule has 214 valence electrons. The molecule has 10 nitrogen and oxygen atoms in total. The first kappa shape index (κ1) is 27.5. The normalized spacial score (nSPS) is 24.3. The number of nitrogens with zero attached hydrogens (tertiary/aromatic N) is 7. The lowest BCUT2D eigenvalue weighted by Gasteiger charge is -2.36. The molecule has 5 rings (SSSR count). The monoisotopic (exact) mass is 549 g/mol. The van der Waals surface area contributed by atoms with Gasteiger partial charge in [0.25, 0.3) is 0 Å². The van der Waals surface area contributed by atoms with Crippen molar-refractivity contribution in [2.75, 3.05) is 50.9 Å². The quantitative estimate of drug-likeness (QED) is 0.469. The van der Waals surface area contributed by atoms with E-state index in [4.69, 9.17) is 5.10 Å². The zero-order valence-corrected chi connectivity index (χ0v) is 22.8. The van der Waals surface area contributed by atoms with Crippen LogP contribution in [0.3, 0.4) is 0 Å². The van der Waals surface area contributed by atoms with Crippen molar-refractivity contribution in [2.45, 2.75) is 76.2 Å². The number of alkyl halides is 3. The Bertz CT molecular complexity index is 1160. The number of anilines is 3. The molecular weight excluding hydrogens is 511 g/mol. The van der Waals surface area contributed by atoms with E-state index in [9.17, 15) is 18.0 Å². The number of halogens is 3. The molecule has 2 aromatic heterocycles. The molecular formula is C26H38F3N9O. The summed E-state index contributed by atoms with van der Waals surface area (Å²) in [5.41, 5.74) is 0.495. The van der Waals surface area contributed by atoms with Crippen molar-refractivity contribution >= 4 is 23.5 Å². The minimum atomic E-state index is -4.60. The Hall–Kier alpha value is -3.09. The molecule has 2 bridgehead atoms. The molecule has 0 aliphatic carbocycles. The molecule has 0 aromatic carbocycles. The second-order valence-electron chi connectivity index (χ2n) is 11.0. The number of fused-ring (bicyclic) bond motifs is 2. The van der Waals surface area contributed by atoms with Crippen LogP contribution in [0.1, 0.15) is 62.2 Å². The Morgan fingerprint density at radius 3 is 2.51 bits per heavy atom. The number of hydrogen-bond acceptors (Lipinski definition) is 7. The molecule has 13 heteroatoms. The Kier molecular flexibility index (Phi) is 7.88. The lowest BCUT2D eigenvalue weighted by molar-refractivity contribution is -0.137. The van der Waals surface area contributed by atoms with Crippen molar-refractivity contribution < 1.29 is 18.0 Å². The number of rotatable bonds is 8. The summed E-state index contributed by atoms with van der Waals surface area (Å²) in [5.74, 6) is -0.211. The van der Waals surface area contributed by atoms with Gasteiger partial charge < -0.3 is 25.3 Å². The SMILES string of the molecule is Cc1nn(C2CC3CCC(C2)N3C)cc1Nc1ncc(C(F)(F)F)c(NCCCN2CCCCN(C)C2=O)n1. The third-order valence-electron chi connectivity index (χ3n) is 8.37. The fourth-order valence-corrected chi connectivity index (χ4v) is 6.06. The van der Waals surface area contributed by atoms with Gasteiger partial charge in [-0.1, -0.05) is 0 Å². The molecule has 2 amide bonds. The van der Waals surface area contributed by atoms with Gasteiger partial charge in [-0.3, -0.25) is 4.68 Å². The fourth-order valence-electron chi connectivity index (χ4n) is 6.06. The number of piperidine rings is 1. The summed E-state index contributed by atoms with van der Waals surface area (Å²) in [6.45, 7) is 3.95. The predicted molar refractivity (Wildman–Crippen MR) is 142 cm³/mol. The number of hydrogen-bond donors (Lipinski definition) is 2. The highest BCUT2D eigenvalue weighted by Gasteiger charge is 2.39. The summed E-state index contributed by atoms with van der Waals surface area (Å²) in [7, 11) is 3.97. The predicted octanol–water partition coefficient (Wildman–Crippen LogP) is 4.49. The maximum Gasteiger partial charge on any atom is 0.421 e. The summed E-state index contributed by atoms with van der Waals surface area (Å²) in [4.78, 5) is 26.5. The van der Waals surface area contributed by atoms with Gasteiger partial charge in [0.2, 0.25) is 5.95 Å². The third-order valence-corrected chi connectivity index (χ3v) is 8.37. The number of urea groups is 1. The molecule has 2 unspecified atom stereocenters. The van der Waals surface area contributed by atoms with Crippen molar-refractivity contribution in [3.05, 3.63) is 23.7 Å². The highest BCUT2D eigenvalue weighted by atomic mass is 19.4. The van der Waals surface area contributed by atoms with E-state index in [1.807, 2.05) is 17.8 Å². The highest BCUT2D eigenvalue weighted by molar-refractivity contribution is 5.74. The molecule has 2 aromatic rings. The van der Waals surface area contributed by atoms with Crippen LogP contribution >= 0.6 is 0 Å². The van der Waals surface area contributed by atoms with E-state index in [-0.39, 0.29) is 24.3 Å². The van der Waals surface area contributed by atoms with E-state index in [1.165, 1.54) is 12.8 Å². The maximum atomic E-state index is 13.7. The van der Waals surface area contributed by atoms with Crippen molar-refractivity contribution in [1.29, 1.82) is 0 Å². The van der Waals surface area contributed by atoms with E-state index in [0.717, 1.165) is 44.1 Å². The van der Waals surface area contributed by atoms with Gasteiger partial charge in [-0.25, -0.2) is 9.78 Å². The van der Waals surface area contributed by atoms with Gasteiger partial charge in [-0.15, -0.1) is 0 Å². The summed E-state index contributed by atoms with van der Waals surface area (Å²) in [6.07, 6.45) is 4.97. The maximum absolute atomic E-state index is 13.7. The zero-order valence-electron chi connectivity index (χ0n) is 22.8. The van der Waals surface area contributed by atoms with Crippen LogP contribution in [0.2, 0.25) is 0 Å². The fraction of sp³-hybridized carbons (Fsp3) is 0.692. The Labute approximate surface area is 226 Å². The third kappa shape index (κ3) is 6.07. The Balaban J connectivity index is 1.24. The molecule has 3 saturated heterocycles. The van der Waals surface area contributed by atoms with E-state index < -0.39 is 11.7 Å². The smallest absolute Gasteiger partial charge is 0.369 e. The molecule has 2 N–H and O–H groups in total. The second kappa shape index (κ2) is 11.2. The average Bonchev–Trinajstić information content (AvgIpc) is 3.26. The number of carbonyl (C=O) groups excluding carboxylic acids is 1. The van der Waals surface area contributed by atoms with Gasteiger partial charge in [0, 0.05) is 57.7 Å². The van der Waals surface area contributed by atoms with Crippen LogP contribution in [0.25, 0.3) is 0 Å². The summed E-state index contributed by atoms with van der Waals surface area (Å²) < 4.78 is 43.1. The second-order valence-corrected chi connectivity index (χ2v) is 11.0. The minimum absolute atomic E-state index is 0.0409. The van der Waals surface area contributed by atoms with E-state index in [0.29, 0.717) is 43.3 Å². The molecule has 5 heterocycles. The van der Waals surface area contributed by atoms with Crippen molar-refractivity contribution in [3.63, 3.8) is 0 Å². The molecule has 3 aliphatic heterocycles. The number of aryl methyl sites for hydroxylation is 1. The first-order valence-electron chi connectivity index (χ1n) is 13.8. The van der Waals surface area contributed by atoms with Gasteiger partial charge in [0.05, 0.1) is 17.4 Å². The first-order chi connectivity index (χ1) is 18.6. The van der Waals surface area contributed by atoms with E-state index in [1.54, 1.807) is 16.8 Å².